The Morgan fingerprint density at radius 1 is 1.18 bits per heavy atom. The van der Waals surface area contributed by atoms with Gasteiger partial charge in [0.25, 0.3) is 5.91 Å². The smallest absolute Gasteiger partial charge is 0.272 e. The predicted molar refractivity (Wildman–Crippen MR) is 128 cm³/mol. The fraction of sp³-hybridized carbons (Fsp3) is 0.519. The summed E-state index contributed by atoms with van der Waals surface area (Å²) in [6.45, 7) is 9.36. The van der Waals surface area contributed by atoms with Crippen LogP contribution >= 0.6 is 0 Å². The summed E-state index contributed by atoms with van der Waals surface area (Å²) in [4.78, 5) is 20.0. The molecule has 2 aliphatic rings. The Labute approximate surface area is 195 Å². The normalized spacial score (nSPS) is 22.4. The SMILES string of the molecule is CCc1cc(C(=O)N2CCCCC[C@H]2C)nc2cc(-c3ccc([C@@H]4CC4(C)C)cc3F)nn12. The Morgan fingerprint density at radius 2 is 1.97 bits per heavy atom. The van der Waals surface area contributed by atoms with Crippen molar-refractivity contribution in [2.45, 2.75) is 78.2 Å². The Bertz CT molecular complexity index is 1210. The lowest BCUT2D eigenvalue weighted by molar-refractivity contribution is 0.0692. The van der Waals surface area contributed by atoms with E-state index >= 15 is 4.39 Å². The summed E-state index contributed by atoms with van der Waals surface area (Å²) < 4.78 is 16.8. The van der Waals surface area contributed by atoms with E-state index in [1.165, 1.54) is 0 Å². The number of fused-ring (bicyclic) bond motifs is 1. The molecule has 0 N–H and O–H groups in total. The van der Waals surface area contributed by atoms with E-state index in [1.807, 2.05) is 30.0 Å². The summed E-state index contributed by atoms with van der Waals surface area (Å²) in [5.74, 6) is 0.142. The summed E-state index contributed by atoms with van der Waals surface area (Å²) in [6.07, 6.45) is 6.17. The molecule has 1 amide bonds. The van der Waals surface area contributed by atoms with Crippen LogP contribution in [0.2, 0.25) is 0 Å². The van der Waals surface area contributed by atoms with Gasteiger partial charge in [0.05, 0.1) is 5.69 Å². The van der Waals surface area contributed by atoms with Crippen LogP contribution < -0.4 is 0 Å². The molecule has 6 heteroatoms. The molecule has 174 valence electrons. The van der Waals surface area contributed by atoms with E-state index in [2.05, 4.69) is 30.9 Å². The van der Waals surface area contributed by atoms with Crippen LogP contribution in [0.4, 0.5) is 4.39 Å². The van der Waals surface area contributed by atoms with Crippen LogP contribution in [0.25, 0.3) is 16.9 Å². The molecule has 5 rings (SSSR count). The third-order valence-electron chi connectivity index (χ3n) is 7.58. The molecule has 1 aromatic carbocycles. The molecule has 0 unspecified atom stereocenters. The van der Waals surface area contributed by atoms with Crippen LogP contribution in [0.5, 0.6) is 0 Å². The van der Waals surface area contributed by atoms with Crippen molar-refractivity contribution in [2.24, 2.45) is 5.41 Å². The number of amides is 1. The minimum Gasteiger partial charge on any atom is -0.335 e. The van der Waals surface area contributed by atoms with E-state index in [1.54, 1.807) is 16.6 Å². The summed E-state index contributed by atoms with van der Waals surface area (Å²) in [5, 5.41) is 4.67. The second-order valence-electron chi connectivity index (χ2n) is 10.5. The highest BCUT2D eigenvalue weighted by molar-refractivity contribution is 5.93. The number of rotatable bonds is 4. The Balaban J connectivity index is 1.50. The second kappa shape index (κ2) is 8.23. The zero-order valence-corrected chi connectivity index (χ0v) is 20.1. The molecule has 1 saturated carbocycles. The zero-order valence-electron chi connectivity index (χ0n) is 20.1. The Kier molecular flexibility index (Phi) is 5.50. The summed E-state index contributed by atoms with van der Waals surface area (Å²) in [6, 6.07) is 9.36. The lowest BCUT2D eigenvalue weighted by Crippen LogP contribution is -2.38. The fourth-order valence-electron chi connectivity index (χ4n) is 5.25. The molecule has 0 radical (unpaired) electrons. The summed E-state index contributed by atoms with van der Waals surface area (Å²) in [7, 11) is 0. The lowest BCUT2D eigenvalue weighted by Gasteiger charge is -2.27. The van der Waals surface area contributed by atoms with Gasteiger partial charge < -0.3 is 4.90 Å². The number of hydrogen-bond donors (Lipinski definition) is 0. The van der Waals surface area contributed by atoms with Gasteiger partial charge in [-0.05, 0) is 67.7 Å². The first kappa shape index (κ1) is 22.1. The maximum absolute atomic E-state index is 15.1. The quantitative estimate of drug-likeness (QED) is 0.491. The molecule has 5 nitrogen and oxygen atoms in total. The third kappa shape index (κ3) is 4.04. The maximum atomic E-state index is 15.1. The van der Waals surface area contributed by atoms with Gasteiger partial charge >= 0.3 is 0 Å². The van der Waals surface area contributed by atoms with Crippen LogP contribution in [0.1, 0.15) is 87.5 Å². The standard InChI is InChI=1S/C27H33FN4O/c1-5-19-14-24(26(33)31-12-8-6-7-9-17(31)2)29-25-15-23(30-32(19)25)20-11-10-18(13-22(20)28)21-16-27(21,3)4/h10-11,13-15,17,21H,5-9,12,16H2,1-4H3/t17-,21+/m1/s1. The van der Waals surface area contributed by atoms with Gasteiger partial charge in [-0.1, -0.05) is 39.7 Å². The monoisotopic (exact) mass is 448 g/mol. The molecule has 3 aromatic rings. The van der Waals surface area contributed by atoms with Crippen molar-refractivity contribution < 1.29 is 9.18 Å². The van der Waals surface area contributed by atoms with Crippen molar-refractivity contribution in [1.82, 2.24) is 19.5 Å². The highest BCUT2D eigenvalue weighted by atomic mass is 19.1. The van der Waals surface area contributed by atoms with Crippen LogP contribution in [-0.2, 0) is 6.42 Å². The molecular weight excluding hydrogens is 415 g/mol. The molecule has 1 aliphatic heterocycles. The van der Waals surface area contributed by atoms with Gasteiger partial charge in [0, 0.05) is 29.9 Å². The fourth-order valence-corrected chi connectivity index (χ4v) is 5.25. The summed E-state index contributed by atoms with van der Waals surface area (Å²) >= 11 is 0. The highest BCUT2D eigenvalue weighted by Gasteiger charge is 2.46. The molecular formula is C27H33FN4O. The van der Waals surface area contributed by atoms with Gasteiger partial charge in [0.2, 0.25) is 0 Å². The zero-order chi connectivity index (χ0) is 23.3. The van der Waals surface area contributed by atoms with Gasteiger partial charge in [-0.3, -0.25) is 4.79 Å². The minimum atomic E-state index is -0.258. The van der Waals surface area contributed by atoms with Crippen molar-refractivity contribution in [2.75, 3.05) is 6.54 Å². The number of likely N-dealkylation sites (tertiary alicyclic amines) is 1. The first-order chi connectivity index (χ1) is 15.8. The molecule has 2 aromatic heterocycles. The first-order valence-electron chi connectivity index (χ1n) is 12.3. The number of aromatic nitrogens is 3. The van der Waals surface area contributed by atoms with Gasteiger partial charge in [-0.15, -0.1) is 0 Å². The molecule has 0 spiro atoms. The van der Waals surface area contributed by atoms with Gasteiger partial charge in [0.15, 0.2) is 5.65 Å². The van der Waals surface area contributed by atoms with E-state index in [0.717, 1.165) is 49.9 Å². The molecule has 1 saturated heterocycles. The van der Waals surface area contributed by atoms with Gasteiger partial charge in [-0.25, -0.2) is 13.9 Å². The van der Waals surface area contributed by atoms with Crippen molar-refractivity contribution in [1.29, 1.82) is 0 Å². The number of carbonyl (C=O) groups is 1. The molecule has 1 aliphatic carbocycles. The molecule has 2 fully saturated rings. The van der Waals surface area contributed by atoms with Crippen LogP contribution in [0.3, 0.4) is 0 Å². The average molecular weight is 449 g/mol. The lowest BCUT2D eigenvalue weighted by atomic mass is 10.0. The maximum Gasteiger partial charge on any atom is 0.272 e. The number of nitrogens with zero attached hydrogens (tertiary/aromatic N) is 4. The number of carbonyl (C=O) groups excluding carboxylic acids is 1. The number of aryl methyl sites for hydroxylation is 1. The topological polar surface area (TPSA) is 50.5 Å². The van der Waals surface area contributed by atoms with Gasteiger partial charge in [-0.2, -0.15) is 5.10 Å². The van der Waals surface area contributed by atoms with Crippen LogP contribution in [-0.4, -0.2) is 38.0 Å². The van der Waals surface area contributed by atoms with E-state index in [-0.39, 0.29) is 23.2 Å². The second-order valence-corrected chi connectivity index (χ2v) is 10.5. The van der Waals surface area contributed by atoms with E-state index in [0.29, 0.717) is 34.9 Å². The molecule has 3 heterocycles. The molecule has 33 heavy (non-hydrogen) atoms. The highest BCUT2D eigenvalue weighted by Crippen LogP contribution is 2.58. The average Bonchev–Trinajstić information content (AvgIpc) is 3.31. The molecule has 2 atom stereocenters. The van der Waals surface area contributed by atoms with E-state index < -0.39 is 0 Å². The summed E-state index contributed by atoms with van der Waals surface area (Å²) in [5.41, 5.74) is 4.26. The van der Waals surface area contributed by atoms with Crippen LogP contribution in [0, 0.1) is 11.2 Å². The van der Waals surface area contributed by atoms with Crippen molar-refractivity contribution >= 4 is 11.6 Å². The number of halogens is 1. The van der Waals surface area contributed by atoms with Crippen molar-refractivity contribution in [3.8, 4) is 11.3 Å². The largest absolute Gasteiger partial charge is 0.335 e. The van der Waals surface area contributed by atoms with Gasteiger partial charge in [0.1, 0.15) is 11.5 Å². The minimum absolute atomic E-state index is 0.0214. The van der Waals surface area contributed by atoms with Crippen molar-refractivity contribution in [3.63, 3.8) is 0 Å². The number of hydrogen-bond acceptors (Lipinski definition) is 3. The predicted octanol–water partition coefficient (Wildman–Crippen LogP) is 6.02. The molecule has 0 bridgehead atoms. The van der Waals surface area contributed by atoms with Crippen molar-refractivity contribution in [3.05, 3.63) is 53.1 Å². The Morgan fingerprint density at radius 3 is 2.67 bits per heavy atom. The first-order valence-corrected chi connectivity index (χ1v) is 12.3. The third-order valence-corrected chi connectivity index (χ3v) is 7.58. The Hall–Kier alpha value is -2.76. The number of benzene rings is 1. The van der Waals surface area contributed by atoms with E-state index in [9.17, 15) is 4.79 Å². The van der Waals surface area contributed by atoms with E-state index in [4.69, 9.17) is 0 Å². The van der Waals surface area contributed by atoms with Crippen LogP contribution in [0.15, 0.2) is 30.3 Å².